The van der Waals surface area contributed by atoms with Crippen LogP contribution in [0.2, 0.25) is 0 Å². The monoisotopic (exact) mass is 492 g/mol. The second-order valence-corrected chi connectivity index (χ2v) is 11.6. The topological polar surface area (TPSA) is 77.9 Å². The van der Waals surface area contributed by atoms with E-state index in [1.165, 1.54) is 11.0 Å². The summed E-state index contributed by atoms with van der Waals surface area (Å²) in [4.78, 5) is 16.4. The Morgan fingerprint density at radius 1 is 1.09 bits per heavy atom. The van der Waals surface area contributed by atoms with Crippen LogP contribution in [0.3, 0.4) is 0 Å². The van der Waals surface area contributed by atoms with Gasteiger partial charge in [-0.3, -0.25) is 9.69 Å². The minimum absolute atomic E-state index is 0.186. The Labute approximate surface area is 199 Å². The highest BCUT2D eigenvalue weighted by Crippen LogP contribution is 2.43. The second kappa shape index (κ2) is 10.00. The minimum Gasteiger partial charge on any atom is -0.508 e. The number of carbonyl (C=O) groups excluding carboxylic acids is 1. The number of benzene rings is 2. The fourth-order valence-corrected chi connectivity index (χ4v) is 6.04. The molecule has 3 atom stereocenters. The van der Waals surface area contributed by atoms with Gasteiger partial charge in [-0.25, -0.2) is 17.2 Å². The zero-order valence-electron chi connectivity index (χ0n) is 19.2. The summed E-state index contributed by atoms with van der Waals surface area (Å²) < 4.78 is 51.9. The Balaban J connectivity index is 1.46. The third kappa shape index (κ3) is 5.75. The molecule has 9 heteroatoms. The second-order valence-electron chi connectivity index (χ2n) is 9.47. The van der Waals surface area contributed by atoms with Crippen molar-refractivity contribution in [2.45, 2.75) is 50.2 Å². The van der Waals surface area contributed by atoms with Crippen molar-refractivity contribution in [2.24, 2.45) is 0 Å². The molecule has 1 amide bonds. The summed E-state index contributed by atoms with van der Waals surface area (Å²) in [6, 6.07) is 11.5. The Kier molecular flexibility index (Phi) is 7.23. The number of hydrogen-bond acceptors (Lipinski definition) is 5. The number of halogens is 2. The van der Waals surface area contributed by atoms with Gasteiger partial charge in [0.2, 0.25) is 5.91 Å². The SMILES string of the molecule is CS(=O)(=O)CC(=O)N(CCN1[C@@H]2CC[C@H]1C[C@@H](c1cccc(O)c1)C2)Cc1c(F)cccc1F. The number of carbonyl (C=O) groups is 1. The molecule has 0 aromatic heterocycles. The molecule has 0 unspecified atom stereocenters. The maximum absolute atomic E-state index is 14.2. The molecule has 2 fully saturated rings. The maximum Gasteiger partial charge on any atom is 0.238 e. The zero-order chi connectivity index (χ0) is 24.5. The van der Waals surface area contributed by atoms with E-state index in [4.69, 9.17) is 0 Å². The third-order valence-corrected chi connectivity index (χ3v) is 7.77. The molecule has 1 N–H and O–H groups in total. The van der Waals surface area contributed by atoms with Crippen molar-refractivity contribution < 1.29 is 27.1 Å². The fraction of sp³-hybridized carbons (Fsp3) is 0.480. The number of rotatable bonds is 8. The van der Waals surface area contributed by atoms with Crippen LogP contribution in [0.4, 0.5) is 8.78 Å². The molecule has 2 aliphatic rings. The van der Waals surface area contributed by atoms with Crippen molar-refractivity contribution in [1.29, 1.82) is 0 Å². The number of nitrogens with zero attached hydrogens (tertiary/aromatic N) is 2. The average Bonchev–Trinajstić information content (AvgIpc) is 2.98. The average molecular weight is 493 g/mol. The van der Waals surface area contributed by atoms with Gasteiger partial charge < -0.3 is 10.0 Å². The van der Waals surface area contributed by atoms with Gasteiger partial charge in [-0.15, -0.1) is 0 Å². The van der Waals surface area contributed by atoms with Crippen LogP contribution in [0.25, 0.3) is 0 Å². The molecule has 0 radical (unpaired) electrons. The highest BCUT2D eigenvalue weighted by atomic mass is 32.2. The smallest absolute Gasteiger partial charge is 0.238 e. The summed E-state index contributed by atoms with van der Waals surface area (Å²) in [7, 11) is -3.59. The molecule has 4 rings (SSSR count). The summed E-state index contributed by atoms with van der Waals surface area (Å²) >= 11 is 0. The third-order valence-electron chi connectivity index (χ3n) is 7.00. The van der Waals surface area contributed by atoms with Crippen LogP contribution < -0.4 is 0 Å². The molecule has 0 spiro atoms. The Bertz CT molecular complexity index is 1120. The van der Waals surface area contributed by atoms with Gasteiger partial charge in [-0.2, -0.15) is 0 Å². The van der Waals surface area contributed by atoms with Gasteiger partial charge in [0.05, 0.1) is 6.54 Å². The van der Waals surface area contributed by atoms with E-state index in [-0.39, 0.29) is 24.4 Å². The van der Waals surface area contributed by atoms with Crippen LogP contribution in [0.15, 0.2) is 42.5 Å². The molecule has 6 nitrogen and oxygen atoms in total. The van der Waals surface area contributed by atoms with Gasteiger partial charge in [0.1, 0.15) is 23.1 Å². The van der Waals surface area contributed by atoms with Crippen LogP contribution >= 0.6 is 0 Å². The van der Waals surface area contributed by atoms with E-state index >= 15 is 0 Å². The largest absolute Gasteiger partial charge is 0.508 e. The first-order chi connectivity index (χ1) is 16.1. The molecule has 2 aliphatic heterocycles. The standard InChI is InChI=1S/C25H30F2N2O4S/c1-34(32,33)16-25(31)28(15-22-23(26)6-3-7-24(22)27)10-11-29-19-8-9-20(29)13-18(12-19)17-4-2-5-21(30)14-17/h2-7,14,18-20,30H,8-13,15-16H2,1H3/t18-,19+,20-. The van der Waals surface area contributed by atoms with Gasteiger partial charge in [0.15, 0.2) is 9.84 Å². The fourth-order valence-electron chi connectivity index (χ4n) is 5.41. The van der Waals surface area contributed by atoms with Crippen LogP contribution in [0.5, 0.6) is 5.75 Å². The lowest BCUT2D eigenvalue weighted by atomic mass is 9.85. The van der Waals surface area contributed by atoms with Crippen LogP contribution in [0.1, 0.15) is 42.7 Å². The first-order valence-corrected chi connectivity index (χ1v) is 13.6. The molecule has 34 heavy (non-hydrogen) atoms. The highest BCUT2D eigenvalue weighted by molar-refractivity contribution is 7.91. The molecule has 2 saturated heterocycles. The molecule has 2 aromatic carbocycles. The van der Waals surface area contributed by atoms with Gasteiger partial charge in [-0.05, 0) is 61.4 Å². The van der Waals surface area contributed by atoms with Crippen LogP contribution in [0, 0.1) is 11.6 Å². The van der Waals surface area contributed by atoms with E-state index in [1.807, 2.05) is 18.2 Å². The van der Waals surface area contributed by atoms with E-state index in [9.17, 15) is 27.1 Å². The van der Waals surface area contributed by atoms with Crippen LogP contribution in [-0.4, -0.2) is 66.4 Å². The van der Waals surface area contributed by atoms with Crippen molar-refractivity contribution in [1.82, 2.24) is 9.80 Å². The molecule has 2 aromatic rings. The minimum atomic E-state index is -3.59. The number of phenolic OH excluding ortho intramolecular Hbond substituents is 1. The zero-order valence-corrected chi connectivity index (χ0v) is 20.0. The molecule has 2 heterocycles. The van der Waals surface area contributed by atoms with E-state index < -0.39 is 33.1 Å². The van der Waals surface area contributed by atoms with Crippen molar-refractivity contribution in [3.63, 3.8) is 0 Å². The molecule has 0 aliphatic carbocycles. The first-order valence-electron chi connectivity index (χ1n) is 11.5. The lowest BCUT2D eigenvalue weighted by Gasteiger charge is -2.40. The predicted octanol–water partition coefficient (Wildman–Crippen LogP) is 3.45. The molecule has 2 bridgehead atoms. The van der Waals surface area contributed by atoms with E-state index in [1.54, 1.807) is 6.07 Å². The van der Waals surface area contributed by atoms with E-state index in [0.29, 0.717) is 24.5 Å². The number of fused-ring (bicyclic) bond motifs is 2. The van der Waals surface area contributed by atoms with Crippen LogP contribution in [-0.2, 0) is 21.2 Å². The Hall–Kier alpha value is -2.52. The number of piperidine rings is 1. The maximum atomic E-state index is 14.2. The molecule has 184 valence electrons. The first kappa shape index (κ1) is 24.6. The lowest BCUT2D eigenvalue weighted by molar-refractivity contribution is -0.129. The molecular formula is C25H30F2N2O4S. The van der Waals surface area contributed by atoms with Gasteiger partial charge >= 0.3 is 0 Å². The van der Waals surface area contributed by atoms with Crippen molar-refractivity contribution >= 4 is 15.7 Å². The summed E-state index contributed by atoms with van der Waals surface area (Å²) in [5, 5.41) is 9.84. The normalized spacial score (nSPS) is 22.6. The Morgan fingerprint density at radius 2 is 1.71 bits per heavy atom. The number of aromatic hydroxyl groups is 1. The molecule has 0 saturated carbocycles. The van der Waals surface area contributed by atoms with Gasteiger partial charge in [-0.1, -0.05) is 18.2 Å². The molecular weight excluding hydrogens is 462 g/mol. The number of hydrogen-bond donors (Lipinski definition) is 1. The summed E-state index contributed by atoms with van der Waals surface area (Å²) in [6.45, 7) is 0.377. The van der Waals surface area contributed by atoms with Crippen molar-refractivity contribution in [3.05, 3.63) is 65.2 Å². The lowest BCUT2D eigenvalue weighted by Crippen LogP contribution is -2.47. The highest BCUT2D eigenvalue weighted by Gasteiger charge is 2.41. The number of sulfone groups is 1. The summed E-state index contributed by atoms with van der Waals surface area (Å²) in [5.41, 5.74) is 0.881. The van der Waals surface area contributed by atoms with Gasteiger partial charge in [0.25, 0.3) is 0 Å². The summed E-state index contributed by atoms with van der Waals surface area (Å²) in [5.74, 6) is -2.28. The van der Waals surface area contributed by atoms with Crippen molar-refractivity contribution in [3.8, 4) is 5.75 Å². The van der Waals surface area contributed by atoms with E-state index in [0.717, 1.165) is 49.6 Å². The number of amides is 1. The van der Waals surface area contributed by atoms with E-state index in [2.05, 4.69) is 4.90 Å². The van der Waals surface area contributed by atoms with Gasteiger partial charge in [0, 0.05) is 37.0 Å². The Morgan fingerprint density at radius 3 is 2.29 bits per heavy atom. The summed E-state index contributed by atoms with van der Waals surface area (Å²) in [6.07, 6.45) is 4.88. The predicted molar refractivity (Wildman–Crippen MR) is 125 cm³/mol. The quantitative estimate of drug-likeness (QED) is 0.611. The van der Waals surface area contributed by atoms with Crippen molar-refractivity contribution in [2.75, 3.05) is 25.1 Å². The number of phenols is 1.